The molecule has 0 bridgehead atoms. The van der Waals surface area contributed by atoms with E-state index in [2.05, 4.69) is 39.9 Å². The molecule has 2 heteroatoms. The van der Waals surface area contributed by atoms with Crippen LogP contribution in [0.3, 0.4) is 0 Å². The van der Waals surface area contributed by atoms with Crippen LogP contribution in [0.4, 0.5) is 0 Å². The number of ether oxygens (including phenoxy) is 1. The lowest BCUT2D eigenvalue weighted by atomic mass is 9.64. The van der Waals surface area contributed by atoms with Gasteiger partial charge in [-0.25, -0.2) is 0 Å². The van der Waals surface area contributed by atoms with Gasteiger partial charge in [-0.1, -0.05) is 66.2 Å². The van der Waals surface area contributed by atoms with E-state index in [1.807, 2.05) is 0 Å². The first kappa shape index (κ1) is 19.0. The first-order valence-corrected chi connectivity index (χ1v) is 9.43. The third-order valence-corrected chi connectivity index (χ3v) is 5.29. The number of unbranched alkanes of at least 4 members (excludes halogenated alkanes) is 4. The summed E-state index contributed by atoms with van der Waals surface area (Å²) in [5, 5.41) is 3.97. The van der Waals surface area contributed by atoms with Crippen LogP contribution in [0.25, 0.3) is 0 Å². The van der Waals surface area contributed by atoms with Gasteiger partial charge in [-0.2, -0.15) is 0 Å². The van der Waals surface area contributed by atoms with Crippen LogP contribution in [0.1, 0.15) is 92.4 Å². The lowest BCUT2D eigenvalue weighted by Crippen LogP contribution is -2.62. The number of hydrogen-bond acceptors (Lipinski definition) is 2. The zero-order chi connectivity index (χ0) is 15.7. The predicted molar refractivity (Wildman–Crippen MR) is 92.8 cm³/mol. The summed E-state index contributed by atoms with van der Waals surface area (Å²) in [4.78, 5) is 0. The SMILES string of the molecule is CCCCCC(CCCCC)NC1CC(OCC)C1(C)C. The molecular weight excluding hydrogens is 258 g/mol. The Morgan fingerprint density at radius 1 is 1.00 bits per heavy atom. The first-order chi connectivity index (χ1) is 10.1. The third-order valence-electron chi connectivity index (χ3n) is 5.29. The van der Waals surface area contributed by atoms with E-state index in [1.54, 1.807) is 0 Å². The molecule has 126 valence electrons. The second kappa shape index (κ2) is 9.84. The number of hydrogen-bond donors (Lipinski definition) is 1. The molecule has 21 heavy (non-hydrogen) atoms. The number of nitrogens with one attached hydrogen (secondary N) is 1. The van der Waals surface area contributed by atoms with Gasteiger partial charge in [-0.05, 0) is 26.2 Å². The summed E-state index contributed by atoms with van der Waals surface area (Å²) in [7, 11) is 0. The molecule has 1 saturated carbocycles. The number of rotatable bonds is 12. The molecule has 1 fully saturated rings. The summed E-state index contributed by atoms with van der Waals surface area (Å²) in [6.45, 7) is 12.3. The van der Waals surface area contributed by atoms with Crippen LogP contribution in [0, 0.1) is 5.41 Å². The normalized spacial score (nSPS) is 24.3. The van der Waals surface area contributed by atoms with Crippen molar-refractivity contribution in [2.24, 2.45) is 5.41 Å². The van der Waals surface area contributed by atoms with Crippen molar-refractivity contribution in [3.8, 4) is 0 Å². The fourth-order valence-corrected chi connectivity index (χ4v) is 3.53. The Morgan fingerprint density at radius 2 is 1.57 bits per heavy atom. The van der Waals surface area contributed by atoms with E-state index in [0.29, 0.717) is 17.6 Å². The quantitative estimate of drug-likeness (QED) is 0.493. The molecule has 0 amide bonds. The van der Waals surface area contributed by atoms with Crippen LogP contribution in [-0.4, -0.2) is 24.8 Å². The smallest absolute Gasteiger partial charge is 0.0655 e. The molecule has 1 N–H and O–H groups in total. The maximum atomic E-state index is 5.86. The zero-order valence-corrected chi connectivity index (χ0v) is 15.2. The summed E-state index contributed by atoms with van der Waals surface area (Å²) in [5.74, 6) is 0. The summed E-state index contributed by atoms with van der Waals surface area (Å²) in [6, 6.07) is 1.36. The molecule has 0 saturated heterocycles. The summed E-state index contributed by atoms with van der Waals surface area (Å²) in [6.07, 6.45) is 12.5. The van der Waals surface area contributed by atoms with E-state index in [-0.39, 0.29) is 0 Å². The van der Waals surface area contributed by atoms with Crippen LogP contribution in [0.2, 0.25) is 0 Å². The molecule has 0 aromatic rings. The van der Waals surface area contributed by atoms with E-state index in [9.17, 15) is 0 Å². The molecule has 0 aromatic heterocycles. The highest BCUT2D eigenvalue weighted by atomic mass is 16.5. The Bertz CT molecular complexity index is 254. The lowest BCUT2D eigenvalue weighted by molar-refractivity contribution is -0.116. The highest BCUT2D eigenvalue weighted by molar-refractivity contribution is 5.03. The van der Waals surface area contributed by atoms with Gasteiger partial charge in [0.25, 0.3) is 0 Å². The van der Waals surface area contributed by atoms with Crippen molar-refractivity contribution in [1.29, 1.82) is 0 Å². The average Bonchev–Trinajstić information content (AvgIpc) is 2.46. The van der Waals surface area contributed by atoms with Crippen molar-refractivity contribution in [2.75, 3.05) is 6.61 Å². The van der Waals surface area contributed by atoms with Gasteiger partial charge in [0.2, 0.25) is 0 Å². The van der Waals surface area contributed by atoms with Crippen molar-refractivity contribution < 1.29 is 4.74 Å². The largest absolute Gasteiger partial charge is 0.378 e. The van der Waals surface area contributed by atoms with Crippen LogP contribution in [0.5, 0.6) is 0 Å². The van der Waals surface area contributed by atoms with Gasteiger partial charge in [0, 0.05) is 24.1 Å². The van der Waals surface area contributed by atoms with E-state index >= 15 is 0 Å². The standard InChI is InChI=1S/C19H39NO/c1-6-9-11-13-16(14-12-10-7-2)20-17-15-18(21-8-3)19(17,4)5/h16-18,20H,6-15H2,1-5H3. The van der Waals surface area contributed by atoms with Gasteiger partial charge in [0.15, 0.2) is 0 Å². The molecule has 0 radical (unpaired) electrons. The third kappa shape index (κ3) is 5.90. The predicted octanol–water partition coefficient (Wildman–Crippen LogP) is 5.31. The van der Waals surface area contributed by atoms with Crippen molar-refractivity contribution in [1.82, 2.24) is 5.32 Å². The topological polar surface area (TPSA) is 21.3 Å². The van der Waals surface area contributed by atoms with Gasteiger partial charge in [0.05, 0.1) is 6.10 Å². The van der Waals surface area contributed by atoms with Crippen molar-refractivity contribution in [3.63, 3.8) is 0 Å². The highest BCUT2D eigenvalue weighted by Gasteiger charge is 2.49. The maximum absolute atomic E-state index is 5.86. The highest BCUT2D eigenvalue weighted by Crippen LogP contribution is 2.43. The van der Waals surface area contributed by atoms with Crippen LogP contribution in [-0.2, 0) is 4.74 Å². The second-order valence-electron chi connectivity index (χ2n) is 7.41. The Hall–Kier alpha value is -0.0800. The average molecular weight is 298 g/mol. The zero-order valence-electron chi connectivity index (χ0n) is 15.2. The van der Waals surface area contributed by atoms with Crippen LogP contribution in [0.15, 0.2) is 0 Å². The molecular formula is C19H39NO. The Balaban J connectivity index is 2.40. The van der Waals surface area contributed by atoms with Crippen molar-refractivity contribution in [2.45, 2.75) is 111 Å². The minimum absolute atomic E-state index is 0.295. The van der Waals surface area contributed by atoms with Crippen molar-refractivity contribution >= 4 is 0 Å². The fraction of sp³-hybridized carbons (Fsp3) is 1.00. The lowest BCUT2D eigenvalue weighted by Gasteiger charge is -2.53. The van der Waals surface area contributed by atoms with Crippen LogP contribution >= 0.6 is 0 Å². The van der Waals surface area contributed by atoms with Gasteiger partial charge < -0.3 is 10.1 Å². The second-order valence-corrected chi connectivity index (χ2v) is 7.41. The van der Waals surface area contributed by atoms with E-state index < -0.39 is 0 Å². The minimum Gasteiger partial charge on any atom is -0.378 e. The Labute approximate surface area is 133 Å². The van der Waals surface area contributed by atoms with Gasteiger partial charge in [-0.15, -0.1) is 0 Å². The summed E-state index contributed by atoms with van der Waals surface area (Å²) >= 11 is 0. The van der Waals surface area contributed by atoms with E-state index in [1.165, 1.54) is 57.8 Å². The minimum atomic E-state index is 0.295. The summed E-state index contributed by atoms with van der Waals surface area (Å²) < 4.78 is 5.86. The summed E-state index contributed by atoms with van der Waals surface area (Å²) in [5.41, 5.74) is 0.295. The molecule has 1 rings (SSSR count). The molecule has 2 atom stereocenters. The van der Waals surface area contributed by atoms with Crippen molar-refractivity contribution in [3.05, 3.63) is 0 Å². The molecule has 2 unspecified atom stereocenters. The molecule has 0 spiro atoms. The van der Waals surface area contributed by atoms with Gasteiger partial charge in [-0.3, -0.25) is 0 Å². The molecule has 1 aliphatic carbocycles. The molecule has 0 heterocycles. The van der Waals surface area contributed by atoms with Gasteiger partial charge >= 0.3 is 0 Å². The first-order valence-electron chi connectivity index (χ1n) is 9.43. The Kier molecular flexibility index (Phi) is 8.89. The molecule has 0 aromatic carbocycles. The molecule has 0 aliphatic heterocycles. The van der Waals surface area contributed by atoms with E-state index in [0.717, 1.165) is 12.6 Å². The van der Waals surface area contributed by atoms with E-state index in [4.69, 9.17) is 4.74 Å². The monoisotopic (exact) mass is 297 g/mol. The fourth-order valence-electron chi connectivity index (χ4n) is 3.53. The molecule has 2 nitrogen and oxygen atoms in total. The van der Waals surface area contributed by atoms with Gasteiger partial charge in [0.1, 0.15) is 0 Å². The van der Waals surface area contributed by atoms with Crippen LogP contribution < -0.4 is 5.32 Å². The molecule has 1 aliphatic rings. The Morgan fingerprint density at radius 3 is 2.00 bits per heavy atom. The maximum Gasteiger partial charge on any atom is 0.0655 e.